The average Bonchev–Trinajstić information content (AvgIpc) is 2.65. The molecule has 2 rings (SSSR count). The van der Waals surface area contributed by atoms with Gasteiger partial charge < -0.3 is 20.1 Å². The van der Waals surface area contributed by atoms with Crippen molar-refractivity contribution in [2.24, 2.45) is 11.8 Å². The van der Waals surface area contributed by atoms with E-state index >= 15 is 0 Å². The summed E-state index contributed by atoms with van der Waals surface area (Å²) in [4.78, 5) is 24.6. The molecular formula is C19H27ClN2O4. The first-order valence-corrected chi connectivity index (χ1v) is 9.34. The number of halogens is 1. The Hall–Kier alpha value is -1.79. The second-order valence-electron chi connectivity index (χ2n) is 6.52. The van der Waals surface area contributed by atoms with Gasteiger partial charge >= 0.3 is 0 Å². The third-order valence-electron chi connectivity index (χ3n) is 4.71. The number of amides is 2. The molecule has 144 valence electrons. The minimum atomic E-state index is -0.0755. The van der Waals surface area contributed by atoms with Crippen molar-refractivity contribution < 1.29 is 19.1 Å². The molecule has 0 aromatic heterocycles. The lowest BCUT2D eigenvalue weighted by molar-refractivity contribution is -0.128. The maximum atomic E-state index is 12.5. The van der Waals surface area contributed by atoms with Crippen molar-refractivity contribution in [1.82, 2.24) is 5.32 Å². The van der Waals surface area contributed by atoms with Crippen LogP contribution < -0.4 is 15.4 Å². The summed E-state index contributed by atoms with van der Waals surface area (Å²) < 4.78 is 10.1. The molecule has 2 amide bonds. The fourth-order valence-corrected chi connectivity index (χ4v) is 3.44. The van der Waals surface area contributed by atoms with Crippen LogP contribution >= 0.6 is 11.6 Å². The summed E-state index contributed by atoms with van der Waals surface area (Å²) in [6.07, 6.45) is 3.71. The van der Waals surface area contributed by atoms with Crippen molar-refractivity contribution in [2.75, 3.05) is 32.7 Å². The van der Waals surface area contributed by atoms with Gasteiger partial charge in [0.2, 0.25) is 11.8 Å². The number of anilines is 1. The van der Waals surface area contributed by atoms with Gasteiger partial charge in [0, 0.05) is 37.8 Å². The molecule has 0 heterocycles. The number of benzene rings is 1. The predicted octanol–water partition coefficient (Wildman–Crippen LogP) is 3.25. The largest absolute Gasteiger partial charge is 0.495 e. The van der Waals surface area contributed by atoms with Crippen molar-refractivity contribution in [3.05, 3.63) is 23.2 Å². The molecule has 26 heavy (non-hydrogen) atoms. The highest BCUT2D eigenvalue weighted by Gasteiger charge is 2.29. The zero-order valence-electron chi connectivity index (χ0n) is 15.3. The lowest BCUT2D eigenvalue weighted by Crippen LogP contribution is -2.36. The van der Waals surface area contributed by atoms with Crippen LogP contribution in [-0.4, -0.2) is 39.2 Å². The highest BCUT2D eigenvalue weighted by atomic mass is 35.5. The molecule has 1 aromatic carbocycles. The zero-order valence-corrected chi connectivity index (χ0v) is 16.1. The van der Waals surface area contributed by atoms with Gasteiger partial charge in [0.15, 0.2) is 0 Å². The number of methoxy groups -OCH3 is 2. The molecule has 6 nitrogen and oxygen atoms in total. The van der Waals surface area contributed by atoms with Crippen LogP contribution in [0.3, 0.4) is 0 Å². The summed E-state index contributed by atoms with van der Waals surface area (Å²) in [5.74, 6) is 0.555. The minimum absolute atomic E-state index is 0.00275. The van der Waals surface area contributed by atoms with Gasteiger partial charge in [-0.3, -0.25) is 9.59 Å². The Morgan fingerprint density at radius 2 is 1.77 bits per heavy atom. The molecule has 0 spiro atoms. The second kappa shape index (κ2) is 10.4. The van der Waals surface area contributed by atoms with Crippen molar-refractivity contribution in [2.45, 2.75) is 32.1 Å². The van der Waals surface area contributed by atoms with E-state index in [1.165, 1.54) is 0 Å². The van der Waals surface area contributed by atoms with Gasteiger partial charge in [0.05, 0.1) is 12.1 Å². The van der Waals surface area contributed by atoms with Crippen LogP contribution in [0.25, 0.3) is 0 Å². The van der Waals surface area contributed by atoms with Crippen LogP contribution in [0.2, 0.25) is 5.02 Å². The number of carbonyl (C=O) groups excluding carboxylic acids is 2. The van der Waals surface area contributed by atoms with Gasteiger partial charge in [-0.15, -0.1) is 0 Å². The lowest BCUT2D eigenvalue weighted by atomic mass is 9.81. The zero-order chi connectivity index (χ0) is 18.9. The fraction of sp³-hybridized carbons (Fsp3) is 0.579. The molecule has 1 fully saturated rings. The Kier molecular flexibility index (Phi) is 8.19. The lowest BCUT2D eigenvalue weighted by Gasteiger charge is -2.27. The Labute approximate surface area is 159 Å². The molecule has 0 radical (unpaired) electrons. The van der Waals surface area contributed by atoms with E-state index in [9.17, 15) is 9.59 Å². The number of hydrogen-bond acceptors (Lipinski definition) is 4. The molecule has 1 aliphatic carbocycles. The SMILES string of the molecule is COCCCNC(=O)C1CCC(C(=O)Nc2ccc(OC)c(Cl)c2)CC1. The molecular weight excluding hydrogens is 356 g/mol. The van der Waals surface area contributed by atoms with Crippen molar-refractivity contribution in [3.8, 4) is 5.75 Å². The second-order valence-corrected chi connectivity index (χ2v) is 6.93. The summed E-state index contributed by atoms with van der Waals surface area (Å²) >= 11 is 6.09. The summed E-state index contributed by atoms with van der Waals surface area (Å²) in [5, 5.41) is 6.30. The van der Waals surface area contributed by atoms with Crippen molar-refractivity contribution in [1.29, 1.82) is 0 Å². The first-order valence-electron chi connectivity index (χ1n) is 8.96. The van der Waals surface area contributed by atoms with E-state index in [1.54, 1.807) is 32.4 Å². The van der Waals surface area contributed by atoms with E-state index in [4.69, 9.17) is 21.1 Å². The molecule has 0 bridgehead atoms. The summed E-state index contributed by atoms with van der Waals surface area (Å²) in [5.41, 5.74) is 0.652. The Balaban J connectivity index is 1.77. The normalized spacial score (nSPS) is 19.7. The van der Waals surface area contributed by atoms with E-state index in [1.807, 2.05) is 0 Å². The van der Waals surface area contributed by atoms with E-state index in [0.29, 0.717) is 42.5 Å². The highest BCUT2D eigenvalue weighted by molar-refractivity contribution is 6.32. The van der Waals surface area contributed by atoms with E-state index in [2.05, 4.69) is 10.6 Å². The van der Waals surface area contributed by atoms with Crippen LogP contribution in [0.15, 0.2) is 18.2 Å². The molecule has 1 aromatic rings. The molecule has 2 N–H and O–H groups in total. The van der Waals surface area contributed by atoms with Crippen LogP contribution in [-0.2, 0) is 14.3 Å². The molecule has 1 aliphatic rings. The maximum absolute atomic E-state index is 12.5. The Morgan fingerprint density at radius 3 is 2.35 bits per heavy atom. The summed E-state index contributed by atoms with van der Waals surface area (Å²) in [6, 6.07) is 5.17. The number of hydrogen-bond donors (Lipinski definition) is 2. The number of rotatable bonds is 8. The van der Waals surface area contributed by atoms with Gasteiger partial charge in [-0.1, -0.05) is 11.6 Å². The van der Waals surface area contributed by atoms with Crippen molar-refractivity contribution in [3.63, 3.8) is 0 Å². The van der Waals surface area contributed by atoms with Gasteiger partial charge in [0.25, 0.3) is 0 Å². The molecule has 0 atom stereocenters. The van der Waals surface area contributed by atoms with E-state index < -0.39 is 0 Å². The number of ether oxygens (including phenoxy) is 2. The van der Waals surface area contributed by atoms with Gasteiger partial charge in [-0.25, -0.2) is 0 Å². The number of carbonyl (C=O) groups is 2. The highest BCUT2D eigenvalue weighted by Crippen LogP contribution is 2.31. The van der Waals surface area contributed by atoms with Gasteiger partial charge in [-0.2, -0.15) is 0 Å². The third-order valence-corrected chi connectivity index (χ3v) is 5.01. The monoisotopic (exact) mass is 382 g/mol. The average molecular weight is 383 g/mol. The standard InChI is InChI=1S/C19H27ClN2O4/c1-25-11-3-10-21-18(23)13-4-6-14(7-5-13)19(24)22-15-8-9-17(26-2)16(20)12-15/h8-9,12-14H,3-7,10-11H2,1-2H3,(H,21,23)(H,22,24). The molecule has 0 unspecified atom stereocenters. The first-order chi connectivity index (χ1) is 12.5. The Morgan fingerprint density at radius 1 is 1.12 bits per heavy atom. The molecule has 0 saturated heterocycles. The first kappa shape index (κ1) is 20.5. The van der Waals surface area contributed by atoms with Crippen LogP contribution in [0.5, 0.6) is 5.75 Å². The molecule has 1 saturated carbocycles. The molecule has 0 aliphatic heterocycles. The topological polar surface area (TPSA) is 76.7 Å². The number of nitrogens with one attached hydrogen (secondary N) is 2. The maximum Gasteiger partial charge on any atom is 0.227 e. The summed E-state index contributed by atoms with van der Waals surface area (Å²) in [7, 11) is 3.19. The predicted molar refractivity (Wildman–Crippen MR) is 102 cm³/mol. The van der Waals surface area contributed by atoms with Crippen molar-refractivity contribution >= 4 is 29.1 Å². The van der Waals surface area contributed by atoms with E-state index in [-0.39, 0.29) is 23.7 Å². The van der Waals surface area contributed by atoms with Crippen LogP contribution in [0.1, 0.15) is 32.1 Å². The quantitative estimate of drug-likeness (QED) is 0.676. The van der Waals surface area contributed by atoms with E-state index in [0.717, 1.165) is 19.3 Å². The van der Waals surface area contributed by atoms with Crippen LogP contribution in [0.4, 0.5) is 5.69 Å². The smallest absolute Gasteiger partial charge is 0.227 e. The summed E-state index contributed by atoms with van der Waals surface area (Å²) in [6.45, 7) is 1.27. The van der Waals surface area contributed by atoms with Gasteiger partial charge in [0.1, 0.15) is 5.75 Å². The fourth-order valence-electron chi connectivity index (χ4n) is 3.18. The Bertz CT molecular complexity index is 616. The van der Waals surface area contributed by atoms with Gasteiger partial charge in [-0.05, 0) is 50.3 Å². The van der Waals surface area contributed by atoms with Crippen LogP contribution in [0, 0.1) is 11.8 Å². The third kappa shape index (κ3) is 5.88. The molecule has 7 heteroatoms. The minimum Gasteiger partial charge on any atom is -0.495 e.